The van der Waals surface area contributed by atoms with Gasteiger partial charge >= 0.3 is 185 Å². The molecular formula is Br6K2Rh. The second-order valence-electron chi connectivity index (χ2n) is 0.714. The van der Waals surface area contributed by atoms with Crippen LogP contribution in [0.1, 0.15) is 0 Å². The van der Waals surface area contributed by atoms with Gasteiger partial charge in [-0.2, -0.15) is 0 Å². The number of hydrogen-bond acceptors (Lipinski definition) is 0. The quantitative estimate of drug-likeness (QED) is 0.296. The summed E-state index contributed by atoms with van der Waals surface area (Å²) >= 11 is 20.0. The first-order valence-electron chi connectivity index (χ1n) is 0.756. The van der Waals surface area contributed by atoms with E-state index in [1.165, 1.54) is 0 Å². The van der Waals surface area contributed by atoms with E-state index >= 15 is 0 Å². The van der Waals surface area contributed by atoms with Gasteiger partial charge in [0, 0.05) is 0 Å². The van der Waals surface area contributed by atoms with Crippen LogP contribution in [0.15, 0.2) is 0 Å². The predicted molar refractivity (Wildman–Crippen MR) is 53.6 cm³/mol. The third-order valence-electron chi connectivity index (χ3n) is 0. The van der Waals surface area contributed by atoms with Crippen molar-refractivity contribution < 1.29 is 103 Å². The molecule has 0 aromatic carbocycles. The minimum atomic E-state index is -3.11. The van der Waals surface area contributed by atoms with Crippen LogP contribution in [0.25, 0.3) is 0 Å². The molecule has 0 aliphatic rings. The first-order chi connectivity index (χ1) is 2.45. The molecule has 0 spiro atoms. The van der Waals surface area contributed by atoms with E-state index in [4.69, 9.17) is 0 Å². The Hall–Kier alpha value is 6.78. The van der Waals surface area contributed by atoms with E-state index in [9.17, 15) is 0 Å². The van der Waals surface area contributed by atoms with E-state index in [1.807, 2.05) is 0 Å². The molecule has 0 amide bonds. The molecule has 9 heteroatoms. The maximum Gasteiger partial charge on any atom is 1.00 e. The summed E-state index contributed by atoms with van der Waals surface area (Å²) in [5.74, 6) is 0. The van der Waals surface area contributed by atoms with Crippen LogP contribution in [0.3, 0.4) is 0 Å². The molecular weight excluding hydrogens is 661 g/mol. The van der Waals surface area contributed by atoms with Gasteiger partial charge in [0.2, 0.25) is 0 Å². The van der Waals surface area contributed by atoms with Crippen molar-refractivity contribution in [1.29, 1.82) is 0 Å². The molecule has 0 atom stereocenters. The summed E-state index contributed by atoms with van der Waals surface area (Å²) in [5.41, 5.74) is 0. The van der Waals surface area contributed by atoms with Gasteiger partial charge < -0.3 is 0 Å². The second kappa shape index (κ2) is 5.91. The Bertz CT molecular complexity index is 69.6. The summed E-state index contributed by atoms with van der Waals surface area (Å²) in [6.45, 7) is 0. The van der Waals surface area contributed by atoms with Crippen molar-refractivity contribution in [3.8, 4) is 0 Å². The smallest absolute Gasteiger partial charge is 1.00 e. The molecule has 0 bridgehead atoms. The van der Waals surface area contributed by atoms with Crippen LogP contribution in [-0.4, -0.2) is 0 Å². The van der Waals surface area contributed by atoms with Crippen LogP contribution >= 0.6 is 81.7 Å². The average Bonchev–Trinajstić information content (AvgIpc) is 0.592. The molecule has 0 rings (SSSR count). The van der Waals surface area contributed by atoms with E-state index in [0.29, 0.717) is 0 Å². The zero-order valence-electron chi connectivity index (χ0n) is 4.60. The zero-order chi connectivity index (χ0) is 6.41. The minimum absolute atomic E-state index is 0. The van der Waals surface area contributed by atoms with Gasteiger partial charge in [-0.05, 0) is 0 Å². The first-order valence-corrected chi connectivity index (χ1v) is 23.2. The maximum absolute atomic E-state index is 3.34. The summed E-state index contributed by atoms with van der Waals surface area (Å²) in [6, 6.07) is 0. The van der Waals surface area contributed by atoms with Crippen LogP contribution in [0, 0.1) is 0 Å². The molecule has 0 aromatic rings. The third-order valence-corrected chi connectivity index (χ3v) is 0. The van der Waals surface area contributed by atoms with E-state index in [1.54, 1.807) is 0 Å². The Morgan fingerprint density at radius 2 is 0.556 bits per heavy atom. The second-order valence-corrected chi connectivity index (χ2v) is 114. The molecule has 0 saturated heterocycles. The van der Waals surface area contributed by atoms with Crippen molar-refractivity contribution in [2.45, 2.75) is 0 Å². The van der Waals surface area contributed by atoms with Crippen molar-refractivity contribution in [2.75, 3.05) is 0 Å². The summed E-state index contributed by atoms with van der Waals surface area (Å²) in [5, 5.41) is 0. The third kappa shape index (κ3) is 52.5. The summed E-state index contributed by atoms with van der Waals surface area (Å²) in [7, 11) is 0. The van der Waals surface area contributed by atoms with Crippen LogP contribution in [0.2, 0.25) is 0 Å². The van der Waals surface area contributed by atoms with Crippen LogP contribution in [-0.2, 0) is 0.665 Å². The molecule has 0 N–H and O–H groups in total. The molecule has 53 valence electrons. The van der Waals surface area contributed by atoms with Gasteiger partial charge in [-0.3, -0.25) is 0 Å². The molecule has 0 fully saturated rings. The Balaban J connectivity index is -0.000000180. The van der Waals surface area contributed by atoms with E-state index in [2.05, 4.69) is 81.7 Å². The van der Waals surface area contributed by atoms with Gasteiger partial charge in [0.1, 0.15) is 0 Å². The fraction of sp³-hybridized carbons (Fsp3) is 0. The fourth-order valence-electron chi connectivity index (χ4n) is 0. The summed E-state index contributed by atoms with van der Waals surface area (Å²) < 4.78 is -3.11. The first kappa shape index (κ1) is 21.1. The Labute approximate surface area is 178 Å². The predicted octanol–water partition coefficient (Wildman–Crippen LogP) is -0.921. The topological polar surface area (TPSA) is 0 Å². The SMILES string of the molecule is [Br][Rh-2]([Br])([Br])([Br])([Br])[Br].[K+].[K+]. The normalized spacial score (nSPS) is 18.0. The summed E-state index contributed by atoms with van der Waals surface area (Å²) in [4.78, 5) is 0. The van der Waals surface area contributed by atoms with Crippen molar-refractivity contribution >= 4 is 81.7 Å². The molecule has 9 heavy (non-hydrogen) atoms. The van der Waals surface area contributed by atoms with E-state index in [0.717, 1.165) is 0 Å². The van der Waals surface area contributed by atoms with Crippen molar-refractivity contribution in [3.63, 3.8) is 0 Å². The van der Waals surface area contributed by atoms with Gasteiger partial charge in [0.15, 0.2) is 0 Å². The molecule has 0 aromatic heterocycles. The molecule has 0 unspecified atom stereocenters. The molecule has 0 aliphatic heterocycles. The molecule has 0 saturated carbocycles. The molecule has 0 heterocycles. The van der Waals surface area contributed by atoms with Crippen LogP contribution in [0.4, 0.5) is 0 Å². The zero-order valence-corrected chi connectivity index (χ0v) is 22.0. The standard InChI is InChI=1S/6BrH.2K.Rh/h6*1H;;;/q;;;;;;2*+1;+4/p-6. The summed E-state index contributed by atoms with van der Waals surface area (Å²) in [6.07, 6.45) is 0. The van der Waals surface area contributed by atoms with Crippen molar-refractivity contribution in [1.82, 2.24) is 0 Å². The van der Waals surface area contributed by atoms with Crippen LogP contribution in [0.5, 0.6) is 0 Å². The van der Waals surface area contributed by atoms with E-state index in [-0.39, 0.29) is 103 Å². The largest absolute Gasteiger partial charge is 1.00 e. The monoisotopic (exact) mass is 654 g/mol. The number of rotatable bonds is 0. The molecule has 0 nitrogen and oxygen atoms in total. The van der Waals surface area contributed by atoms with Crippen molar-refractivity contribution in [2.24, 2.45) is 0 Å². The van der Waals surface area contributed by atoms with Gasteiger partial charge in [-0.25, -0.2) is 0 Å². The fourth-order valence-corrected chi connectivity index (χ4v) is 0. The molecule has 0 radical (unpaired) electrons. The van der Waals surface area contributed by atoms with Crippen molar-refractivity contribution in [3.05, 3.63) is 0 Å². The number of hydrogen-bond donors (Lipinski definition) is 0. The van der Waals surface area contributed by atoms with Gasteiger partial charge in [0.05, 0.1) is 0 Å². The number of halogens is 6. The average molecular weight is 661 g/mol. The Kier molecular flexibility index (Phi) is 13.9. The minimum Gasteiger partial charge on any atom is 1.00 e. The maximum atomic E-state index is 3.34. The Morgan fingerprint density at radius 3 is 0.556 bits per heavy atom. The Morgan fingerprint density at radius 1 is 0.556 bits per heavy atom. The molecule has 0 aliphatic carbocycles. The van der Waals surface area contributed by atoms with Gasteiger partial charge in [-0.15, -0.1) is 0 Å². The van der Waals surface area contributed by atoms with E-state index < -0.39 is 0.665 Å². The van der Waals surface area contributed by atoms with Gasteiger partial charge in [-0.1, -0.05) is 0 Å². The van der Waals surface area contributed by atoms with Crippen LogP contribution < -0.4 is 103 Å². The van der Waals surface area contributed by atoms with Gasteiger partial charge in [0.25, 0.3) is 0 Å².